The molecule has 0 saturated carbocycles. The third-order valence-electron chi connectivity index (χ3n) is 3.30. The molecule has 0 bridgehead atoms. The summed E-state index contributed by atoms with van der Waals surface area (Å²) in [4.78, 5) is 11.6. The molecule has 2 N–H and O–H groups in total. The fourth-order valence-electron chi connectivity index (χ4n) is 2.31. The van der Waals surface area contributed by atoms with Gasteiger partial charge < -0.3 is 5.73 Å². The predicted molar refractivity (Wildman–Crippen MR) is 75.5 cm³/mol. The third-order valence-corrected chi connectivity index (χ3v) is 5.18. The van der Waals surface area contributed by atoms with Crippen LogP contribution in [0, 0.1) is 5.82 Å². The number of ketones is 1. The van der Waals surface area contributed by atoms with Gasteiger partial charge in [-0.15, -0.1) is 0 Å². The Morgan fingerprint density at radius 1 is 1.00 bits per heavy atom. The molecule has 0 aliphatic carbocycles. The Hall–Kier alpha value is -2.47. The van der Waals surface area contributed by atoms with Gasteiger partial charge in [0.1, 0.15) is 10.7 Å². The number of nitrogens with two attached hydrogens (primary N) is 1. The Balaban J connectivity index is 2.33. The van der Waals surface area contributed by atoms with E-state index in [9.17, 15) is 17.6 Å². The zero-order valence-corrected chi connectivity index (χ0v) is 11.5. The molecule has 0 saturated heterocycles. The van der Waals surface area contributed by atoms with Gasteiger partial charge in [-0.05, 0) is 24.3 Å². The SMILES string of the molecule is N/C(=C1\C(=O)c2ccccc2S1(=O)=O)c1ccccc1F. The van der Waals surface area contributed by atoms with E-state index in [2.05, 4.69) is 0 Å². The summed E-state index contributed by atoms with van der Waals surface area (Å²) in [6.07, 6.45) is 0. The van der Waals surface area contributed by atoms with Crippen LogP contribution in [0.1, 0.15) is 15.9 Å². The molecule has 0 aromatic heterocycles. The van der Waals surface area contributed by atoms with Crippen molar-refractivity contribution in [3.05, 3.63) is 70.4 Å². The summed E-state index contributed by atoms with van der Waals surface area (Å²) < 4.78 is 38.7. The third kappa shape index (κ3) is 1.87. The average Bonchev–Trinajstić information content (AvgIpc) is 2.67. The summed E-state index contributed by atoms with van der Waals surface area (Å²) in [6.45, 7) is 0. The highest BCUT2D eigenvalue weighted by molar-refractivity contribution is 7.97. The lowest BCUT2D eigenvalue weighted by molar-refractivity contribution is 0.104. The molecule has 1 aliphatic rings. The molecule has 3 rings (SSSR count). The molecular formula is C15H10FNO3S. The van der Waals surface area contributed by atoms with Gasteiger partial charge in [0.25, 0.3) is 0 Å². The van der Waals surface area contributed by atoms with Crippen molar-refractivity contribution in [1.82, 2.24) is 0 Å². The number of carbonyl (C=O) groups is 1. The quantitative estimate of drug-likeness (QED) is 0.819. The first-order valence-corrected chi connectivity index (χ1v) is 7.56. The number of Topliss-reactive ketones (excluding diaryl/α,β-unsaturated/α-hetero) is 1. The minimum absolute atomic E-state index is 0.0618. The first-order chi connectivity index (χ1) is 9.94. The summed E-state index contributed by atoms with van der Waals surface area (Å²) in [6, 6.07) is 11.3. The zero-order chi connectivity index (χ0) is 15.2. The number of carbonyl (C=O) groups excluding carboxylic acids is 1. The van der Waals surface area contributed by atoms with Crippen LogP contribution in [0.2, 0.25) is 0 Å². The van der Waals surface area contributed by atoms with Gasteiger partial charge in [-0.3, -0.25) is 4.79 Å². The molecule has 0 fully saturated rings. The van der Waals surface area contributed by atoms with Gasteiger partial charge in [-0.25, -0.2) is 12.8 Å². The van der Waals surface area contributed by atoms with Gasteiger partial charge in [0.05, 0.1) is 10.6 Å². The van der Waals surface area contributed by atoms with E-state index in [4.69, 9.17) is 5.73 Å². The second-order valence-electron chi connectivity index (χ2n) is 4.55. The van der Waals surface area contributed by atoms with Crippen LogP contribution >= 0.6 is 0 Å². The highest BCUT2D eigenvalue weighted by Gasteiger charge is 2.41. The van der Waals surface area contributed by atoms with Gasteiger partial charge in [0.2, 0.25) is 15.6 Å². The Bertz CT molecular complexity index is 901. The Morgan fingerprint density at radius 3 is 2.29 bits per heavy atom. The molecule has 1 heterocycles. The van der Waals surface area contributed by atoms with Crippen LogP contribution in [-0.4, -0.2) is 14.2 Å². The van der Waals surface area contributed by atoms with Crippen molar-refractivity contribution >= 4 is 21.3 Å². The van der Waals surface area contributed by atoms with E-state index in [-0.39, 0.29) is 21.7 Å². The van der Waals surface area contributed by atoms with Gasteiger partial charge in [-0.2, -0.15) is 0 Å². The molecule has 0 amide bonds. The summed E-state index contributed by atoms with van der Waals surface area (Å²) in [7, 11) is -4.02. The lowest BCUT2D eigenvalue weighted by Crippen LogP contribution is -2.12. The van der Waals surface area contributed by atoms with Crippen molar-refractivity contribution in [1.29, 1.82) is 0 Å². The maximum absolute atomic E-state index is 13.8. The Morgan fingerprint density at radius 2 is 1.62 bits per heavy atom. The number of sulfone groups is 1. The summed E-state index contributed by atoms with van der Waals surface area (Å²) in [5.74, 6) is -1.38. The van der Waals surface area contributed by atoms with Crippen LogP contribution in [0.5, 0.6) is 0 Å². The summed E-state index contributed by atoms with van der Waals surface area (Å²) >= 11 is 0. The van der Waals surface area contributed by atoms with Crippen molar-refractivity contribution in [2.24, 2.45) is 5.73 Å². The number of hydrogen-bond acceptors (Lipinski definition) is 4. The molecule has 0 radical (unpaired) electrons. The van der Waals surface area contributed by atoms with E-state index in [0.29, 0.717) is 0 Å². The molecule has 0 spiro atoms. The Kier molecular flexibility index (Phi) is 2.91. The van der Waals surface area contributed by atoms with Gasteiger partial charge in [0, 0.05) is 11.1 Å². The smallest absolute Gasteiger partial charge is 0.213 e. The normalized spacial score (nSPS) is 18.4. The summed E-state index contributed by atoms with van der Waals surface area (Å²) in [5.41, 5.74) is 5.38. The van der Waals surface area contributed by atoms with Crippen LogP contribution in [0.3, 0.4) is 0 Å². The first kappa shape index (κ1) is 13.5. The van der Waals surface area contributed by atoms with Crippen LogP contribution in [0.4, 0.5) is 4.39 Å². The molecule has 4 nitrogen and oxygen atoms in total. The van der Waals surface area contributed by atoms with E-state index in [1.165, 1.54) is 36.4 Å². The average molecular weight is 303 g/mol. The van der Waals surface area contributed by atoms with Gasteiger partial charge in [0.15, 0.2) is 0 Å². The molecule has 0 unspecified atom stereocenters. The fourth-order valence-corrected chi connectivity index (χ4v) is 3.99. The van der Waals surface area contributed by atoms with Gasteiger partial charge in [-0.1, -0.05) is 24.3 Å². The highest BCUT2D eigenvalue weighted by atomic mass is 32.2. The number of fused-ring (bicyclic) bond motifs is 1. The van der Waals surface area contributed by atoms with E-state index < -0.39 is 26.3 Å². The molecule has 106 valence electrons. The van der Waals surface area contributed by atoms with Crippen LogP contribution in [-0.2, 0) is 9.84 Å². The molecule has 2 aromatic rings. The predicted octanol–water partition coefficient (Wildman–Crippen LogP) is 2.12. The molecule has 1 aliphatic heterocycles. The maximum atomic E-state index is 13.8. The molecule has 6 heteroatoms. The second-order valence-corrected chi connectivity index (χ2v) is 6.41. The van der Waals surface area contributed by atoms with Crippen LogP contribution in [0.15, 0.2) is 58.3 Å². The minimum Gasteiger partial charge on any atom is -0.397 e. The van der Waals surface area contributed by atoms with Crippen molar-refractivity contribution < 1.29 is 17.6 Å². The lowest BCUT2D eigenvalue weighted by Gasteiger charge is -2.06. The standard InChI is InChI=1S/C15H10FNO3S/c16-11-7-3-1-5-9(11)13(17)15-14(18)10-6-2-4-8-12(10)21(15,19)20/h1-8H,17H2/b15-13+. The van der Waals surface area contributed by atoms with Crippen molar-refractivity contribution in [3.8, 4) is 0 Å². The Labute approximate surface area is 120 Å². The number of hydrogen-bond donors (Lipinski definition) is 1. The number of rotatable bonds is 1. The van der Waals surface area contributed by atoms with Crippen molar-refractivity contribution in [2.45, 2.75) is 4.90 Å². The molecule has 2 aromatic carbocycles. The number of benzene rings is 2. The molecular weight excluding hydrogens is 293 g/mol. The second kappa shape index (κ2) is 4.53. The lowest BCUT2D eigenvalue weighted by atomic mass is 10.1. The van der Waals surface area contributed by atoms with Crippen LogP contribution in [0.25, 0.3) is 5.70 Å². The minimum atomic E-state index is -4.02. The van der Waals surface area contributed by atoms with Crippen molar-refractivity contribution in [3.63, 3.8) is 0 Å². The van der Waals surface area contributed by atoms with E-state index in [1.54, 1.807) is 6.07 Å². The van der Waals surface area contributed by atoms with Crippen LogP contribution < -0.4 is 5.73 Å². The topological polar surface area (TPSA) is 77.2 Å². The monoisotopic (exact) mass is 303 g/mol. The van der Waals surface area contributed by atoms with Gasteiger partial charge >= 0.3 is 0 Å². The molecule has 21 heavy (non-hydrogen) atoms. The number of allylic oxidation sites excluding steroid dienone is 1. The summed E-state index contributed by atoms with van der Waals surface area (Å²) in [5, 5.41) is 0. The van der Waals surface area contributed by atoms with E-state index in [0.717, 1.165) is 6.07 Å². The fraction of sp³-hybridized carbons (Fsp3) is 0. The maximum Gasteiger partial charge on any atom is 0.213 e. The van der Waals surface area contributed by atoms with E-state index >= 15 is 0 Å². The highest BCUT2D eigenvalue weighted by Crippen LogP contribution is 2.37. The number of halogens is 1. The molecule has 0 atom stereocenters. The van der Waals surface area contributed by atoms with E-state index in [1.807, 2.05) is 0 Å². The first-order valence-electron chi connectivity index (χ1n) is 6.08. The largest absolute Gasteiger partial charge is 0.397 e. The van der Waals surface area contributed by atoms with Crippen molar-refractivity contribution in [2.75, 3.05) is 0 Å². The zero-order valence-electron chi connectivity index (χ0n) is 10.7.